The number of aromatic nitrogens is 2. The molecule has 108 valence electrons. The lowest BCUT2D eigenvalue weighted by Gasteiger charge is -2.46. The zero-order valence-corrected chi connectivity index (χ0v) is 12.8. The topological polar surface area (TPSA) is 38.0 Å². The highest BCUT2D eigenvalue weighted by molar-refractivity contribution is 5.16. The predicted molar refractivity (Wildman–Crippen MR) is 77.8 cm³/mol. The molecule has 1 aliphatic carbocycles. The first-order valence-corrected chi connectivity index (χ1v) is 7.64. The predicted octanol–water partition coefficient (Wildman–Crippen LogP) is 3.72. The molecule has 2 rings (SSSR count). The van der Waals surface area contributed by atoms with Gasteiger partial charge in [-0.1, -0.05) is 40.5 Å². The van der Waals surface area contributed by atoms with Crippen LogP contribution in [-0.4, -0.2) is 14.9 Å². The Morgan fingerprint density at radius 3 is 2.79 bits per heavy atom. The summed E-state index contributed by atoms with van der Waals surface area (Å²) in [5.74, 6) is 0.307. The first-order valence-electron chi connectivity index (χ1n) is 7.64. The summed E-state index contributed by atoms with van der Waals surface area (Å²) < 4.78 is 2.00. The summed E-state index contributed by atoms with van der Waals surface area (Å²) in [6, 6.07) is 2.01. The van der Waals surface area contributed by atoms with Gasteiger partial charge >= 0.3 is 0 Å². The van der Waals surface area contributed by atoms with Crippen LogP contribution in [-0.2, 0) is 12.1 Å². The Morgan fingerprint density at radius 1 is 1.42 bits per heavy atom. The quantitative estimate of drug-likeness (QED) is 0.903. The highest BCUT2D eigenvalue weighted by atomic mass is 16.3. The third kappa shape index (κ3) is 2.71. The monoisotopic (exact) mass is 264 g/mol. The molecule has 1 heterocycles. The summed E-state index contributed by atoms with van der Waals surface area (Å²) in [5, 5.41) is 15.8. The third-order valence-electron chi connectivity index (χ3n) is 4.52. The molecule has 1 fully saturated rings. The van der Waals surface area contributed by atoms with Crippen LogP contribution >= 0.6 is 0 Å². The molecule has 19 heavy (non-hydrogen) atoms. The second kappa shape index (κ2) is 5.28. The van der Waals surface area contributed by atoms with Gasteiger partial charge in [0.05, 0.1) is 5.69 Å². The number of rotatable bonds is 3. The first-order chi connectivity index (χ1) is 8.89. The second-order valence-corrected chi connectivity index (χ2v) is 7.03. The maximum absolute atomic E-state index is 11.4. The van der Waals surface area contributed by atoms with Crippen molar-refractivity contribution in [2.75, 3.05) is 0 Å². The minimum absolute atomic E-state index is 0.122. The van der Waals surface area contributed by atoms with Crippen LogP contribution in [0.5, 0.6) is 0 Å². The Hall–Kier alpha value is -0.830. The zero-order chi connectivity index (χ0) is 14.1. The molecular weight excluding hydrogens is 236 g/mol. The van der Waals surface area contributed by atoms with E-state index in [1.807, 2.05) is 16.9 Å². The molecule has 1 aliphatic rings. The van der Waals surface area contributed by atoms with Crippen LogP contribution < -0.4 is 0 Å². The van der Waals surface area contributed by atoms with E-state index in [9.17, 15) is 5.11 Å². The molecule has 1 saturated carbocycles. The van der Waals surface area contributed by atoms with Gasteiger partial charge in [0.25, 0.3) is 0 Å². The Balaban J connectivity index is 2.39. The lowest BCUT2D eigenvalue weighted by molar-refractivity contribution is -0.102. The number of nitrogens with zero attached hydrogens (tertiary/aromatic N) is 2. The van der Waals surface area contributed by atoms with Crippen molar-refractivity contribution in [2.45, 2.75) is 71.9 Å². The molecule has 0 radical (unpaired) electrons. The fourth-order valence-electron chi connectivity index (χ4n) is 3.70. The van der Waals surface area contributed by atoms with Crippen LogP contribution in [0.1, 0.15) is 65.5 Å². The lowest BCUT2D eigenvalue weighted by atomic mass is 9.62. The van der Waals surface area contributed by atoms with Gasteiger partial charge in [-0.15, -0.1) is 0 Å². The van der Waals surface area contributed by atoms with Gasteiger partial charge in [-0.2, -0.15) is 5.10 Å². The average molecular weight is 264 g/mol. The molecule has 3 nitrogen and oxygen atoms in total. The highest BCUT2D eigenvalue weighted by Gasteiger charge is 2.47. The van der Waals surface area contributed by atoms with Crippen molar-refractivity contribution in [3.8, 4) is 0 Å². The van der Waals surface area contributed by atoms with E-state index in [1.54, 1.807) is 0 Å². The first kappa shape index (κ1) is 14.6. The van der Waals surface area contributed by atoms with Gasteiger partial charge in [0.2, 0.25) is 0 Å². The van der Waals surface area contributed by atoms with Crippen molar-refractivity contribution < 1.29 is 5.11 Å². The van der Waals surface area contributed by atoms with Crippen molar-refractivity contribution in [1.29, 1.82) is 0 Å². The van der Waals surface area contributed by atoms with Gasteiger partial charge in [0.15, 0.2) is 0 Å². The Kier molecular flexibility index (Phi) is 4.05. The summed E-state index contributed by atoms with van der Waals surface area (Å²) in [6.07, 6.45) is 7.19. The van der Waals surface area contributed by atoms with Crippen molar-refractivity contribution in [3.63, 3.8) is 0 Å². The molecule has 0 spiro atoms. The Bertz CT molecular complexity index is 419. The number of aliphatic hydroxyl groups is 1. The van der Waals surface area contributed by atoms with E-state index in [1.165, 1.54) is 6.42 Å². The lowest BCUT2D eigenvalue weighted by Crippen LogP contribution is -2.45. The van der Waals surface area contributed by atoms with Crippen molar-refractivity contribution in [2.24, 2.45) is 11.3 Å². The molecule has 0 amide bonds. The number of aryl methyl sites for hydroxylation is 1. The SMILES string of the molecule is CCCn1nccc1C1(O)CCCCC1C(C)(C)C. The van der Waals surface area contributed by atoms with Crippen LogP contribution in [0, 0.1) is 11.3 Å². The van der Waals surface area contributed by atoms with E-state index in [-0.39, 0.29) is 5.41 Å². The summed E-state index contributed by atoms with van der Waals surface area (Å²) in [7, 11) is 0. The normalized spacial score (nSPS) is 28.6. The van der Waals surface area contributed by atoms with Crippen molar-refractivity contribution >= 4 is 0 Å². The molecule has 2 unspecified atom stereocenters. The molecule has 0 saturated heterocycles. The number of hydrogen-bond acceptors (Lipinski definition) is 2. The average Bonchev–Trinajstić information content (AvgIpc) is 2.77. The van der Waals surface area contributed by atoms with Gasteiger partial charge in [0, 0.05) is 12.7 Å². The molecule has 0 aromatic carbocycles. The molecule has 3 heteroatoms. The van der Waals surface area contributed by atoms with Crippen LogP contribution in [0.2, 0.25) is 0 Å². The molecule has 1 N–H and O–H groups in total. The molecule has 0 aliphatic heterocycles. The minimum atomic E-state index is -0.706. The van der Waals surface area contributed by atoms with E-state index >= 15 is 0 Å². The van der Waals surface area contributed by atoms with Crippen LogP contribution in [0.3, 0.4) is 0 Å². The van der Waals surface area contributed by atoms with Gasteiger partial charge in [-0.25, -0.2) is 0 Å². The summed E-state index contributed by atoms with van der Waals surface area (Å²) in [4.78, 5) is 0. The summed E-state index contributed by atoms with van der Waals surface area (Å²) >= 11 is 0. The van der Waals surface area contributed by atoms with E-state index in [4.69, 9.17) is 0 Å². The fraction of sp³-hybridized carbons (Fsp3) is 0.812. The molecule has 1 aromatic heterocycles. The largest absolute Gasteiger partial charge is 0.383 e. The van der Waals surface area contributed by atoms with Crippen LogP contribution in [0.4, 0.5) is 0 Å². The highest BCUT2D eigenvalue weighted by Crippen LogP contribution is 2.49. The molecule has 2 atom stereocenters. The minimum Gasteiger partial charge on any atom is -0.383 e. The van der Waals surface area contributed by atoms with Crippen molar-refractivity contribution in [3.05, 3.63) is 18.0 Å². The smallest absolute Gasteiger partial charge is 0.109 e. The zero-order valence-electron chi connectivity index (χ0n) is 12.8. The van der Waals surface area contributed by atoms with E-state index in [2.05, 4.69) is 32.8 Å². The standard InChI is InChI=1S/C16H28N2O/c1-5-12-18-14(9-11-17-18)16(19)10-7-6-8-13(16)15(2,3)4/h9,11,13,19H,5-8,10,12H2,1-4H3. The summed E-state index contributed by atoms with van der Waals surface area (Å²) in [5.41, 5.74) is 0.438. The molecular formula is C16H28N2O. The maximum Gasteiger partial charge on any atom is 0.109 e. The second-order valence-electron chi connectivity index (χ2n) is 7.03. The fourth-order valence-corrected chi connectivity index (χ4v) is 3.70. The van der Waals surface area contributed by atoms with E-state index < -0.39 is 5.60 Å². The summed E-state index contributed by atoms with van der Waals surface area (Å²) in [6.45, 7) is 9.77. The van der Waals surface area contributed by atoms with Gasteiger partial charge < -0.3 is 5.11 Å². The molecule has 1 aromatic rings. The number of hydrogen-bond donors (Lipinski definition) is 1. The van der Waals surface area contributed by atoms with Gasteiger partial charge in [0.1, 0.15) is 5.60 Å². The Labute approximate surface area is 117 Å². The van der Waals surface area contributed by atoms with Crippen molar-refractivity contribution in [1.82, 2.24) is 9.78 Å². The maximum atomic E-state index is 11.4. The third-order valence-corrected chi connectivity index (χ3v) is 4.52. The van der Waals surface area contributed by atoms with Crippen LogP contribution in [0.15, 0.2) is 12.3 Å². The van der Waals surface area contributed by atoms with Gasteiger partial charge in [-0.05, 0) is 36.7 Å². The molecule has 0 bridgehead atoms. The van der Waals surface area contributed by atoms with Crippen LogP contribution in [0.25, 0.3) is 0 Å². The van der Waals surface area contributed by atoms with Gasteiger partial charge in [-0.3, -0.25) is 4.68 Å². The van der Waals surface area contributed by atoms with E-state index in [0.29, 0.717) is 5.92 Å². The Morgan fingerprint density at radius 2 is 2.16 bits per heavy atom. The van der Waals surface area contributed by atoms with E-state index in [0.717, 1.165) is 37.9 Å².